The van der Waals surface area contributed by atoms with Crippen LogP contribution in [0.25, 0.3) is 11.1 Å². The molecule has 0 bridgehead atoms. The lowest BCUT2D eigenvalue weighted by molar-refractivity contribution is -0.384. The Morgan fingerprint density at radius 3 is 2.30 bits per heavy atom. The lowest BCUT2D eigenvalue weighted by atomic mass is 9.98. The van der Waals surface area contributed by atoms with E-state index in [0.29, 0.717) is 5.56 Å². The number of carbonyl (C=O) groups is 1. The number of nitro groups is 1. The molecule has 2 rings (SSSR count). The summed E-state index contributed by atoms with van der Waals surface area (Å²) in [5.74, 6) is -0.584. The Bertz CT molecular complexity index is 768. The van der Waals surface area contributed by atoms with Crippen LogP contribution in [-0.4, -0.2) is 18.0 Å². The highest BCUT2D eigenvalue weighted by molar-refractivity contribution is 5.92. The van der Waals surface area contributed by atoms with Crippen LogP contribution in [0.4, 0.5) is 5.69 Å². The van der Waals surface area contributed by atoms with Crippen molar-refractivity contribution in [3.63, 3.8) is 0 Å². The number of benzene rings is 2. The summed E-state index contributed by atoms with van der Waals surface area (Å²) >= 11 is 0. The van der Waals surface area contributed by atoms with Crippen molar-refractivity contribution < 1.29 is 14.5 Å². The number of aryl methyl sites for hydroxylation is 1. The van der Waals surface area contributed by atoms with Crippen LogP contribution in [-0.2, 0) is 11.2 Å². The molecule has 0 aliphatic carbocycles. The molecule has 5 heteroatoms. The maximum Gasteiger partial charge on any atom is 0.338 e. The zero-order chi connectivity index (χ0) is 19.6. The summed E-state index contributed by atoms with van der Waals surface area (Å²) in [6, 6.07) is 12.3. The summed E-state index contributed by atoms with van der Waals surface area (Å²) < 4.78 is 4.64. The number of hydrogen-bond donors (Lipinski definition) is 0. The second-order valence-corrected chi connectivity index (χ2v) is 6.70. The van der Waals surface area contributed by atoms with Gasteiger partial charge >= 0.3 is 5.97 Å². The van der Waals surface area contributed by atoms with Gasteiger partial charge in [-0.2, -0.15) is 0 Å². The molecule has 2 aromatic carbocycles. The van der Waals surface area contributed by atoms with Crippen LogP contribution in [0, 0.1) is 10.1 Å². The van der Waals surface area contributed by atoms with E-state index in [-0.39, 0.29) is 11.3 Å². The van der Waals surface area contributed by atoms with Crippen molar-refractivity contribution in [2.75, 3.05) is 7.11 Å². The molecular formula is C22H27NO4. The number of nitrogens with zero attached hydrogens (tertiary/aromatic N) is 1. The largest absolute Gasteiger partial charge is 0.465 e. The van der Waals surface area contributed by atoms with Crippen LogP contribution < -0.4 is 0 Å². The summed E-state index contributed by atoms with van der Waals surface area (Å²) in [5.41, 5.74) is 2.58. The second-order valence-electron chi connectivity index (χ2n) is 6.70. The molecule has 0 aliphatic rings. The molecule has 0 unspecified atom stereocenters. The Kier molecular flexibility index (Phi) is 7.99. The van der Waals surface area contributed by atoms with E-state index in [9.17, 15) is 14.9 Å². The summed E-state index contributed by atoms with van der Waals surface area (Å²) in [4.78, 5) is 22.6. The first-order chi connectivity index (χ1) is 13.1. The fourth-order valence-corrected chi connectivity index (χ4v) is 3.13. The monoisotopic (exact) mass is 369 g/mol. The van der Waals surface area contributed by atoms with E-state index in [1.807, 2.05) is 24.3 Å². The maximum absolute atomic E-state index is 11.6. The van der Waals surface area contributed by atoms with E-state index >= 15 is 0 Å². The minimum absolute atomic E-state index is 0.0958. The molecule has 0 aromatic heterocycles. The van der Waals surface area contributed by atoms with E-state index in [0.717, 1.165) is 18.4 Å². The summed E-state index contributed by atoms with van der Waals surface area (Å²) in [7, 11) is 1.25. The number of nitro benzene ring substituents is 1. The Balaban J connectivity index is 2.07. The van der Waals surface area contributed by atoms with Gasteiger partial charge in [-0.25, -0.2) is 4.79 Å². The molecule has 144 valence electrons. The van der Waals surface area contributed by atoms with Crippen LogP contribution in [0.5, 0.6) is 0 Å². The molecule has 0 saturated heterocycles. The fraction of sp³-hybridized carbons (Fsp3) is 0.409. The topological polar surface area (TPSA) is 69.4 Å². The van der Waals surface area contributed by atoms with Crippen molar-refractivity contribution in [2.24, 2.45) is 0 Å². The molecule has 0 heterocycles. The number of carbonyl (C=O) groups excluding carboxylic acids is 1. The third-order valence-corrected chi connectivity index (χ3v) is 4.70. The average molecular weight is 369 g/mol. The second kappa shape index (κ2) is 10.5. The van der Waals surface area contributed by atoms with Crippen LogP contribution >= 0.6 is 0 Å². The Morgan fingerprint density at radius 2 is 1.67 bits per heavy atom. The van der Waals surface area contributed by atoms with Gasteiger partial charge in [-0.3, -0.25) is 10.1 Å². The average Bonchev–Trinajstić information content (AvgIpc) is 2.70. The summed E-state index contributed by atoms with van der Waals surface area (Å²) in [6.45, 7) is 2.22. The third-order valence-electron chi connectivity index (χ3n) is 4.70. The van der Waals surface area contributed by atoms with Gasteiger partial charge in [0.1, 0.15) is 0 Å². The first-order valence-electron chi connectivity index (χ1n) is 9.53. The minimum Gasteiger partial charge on any atom is -0.465 e. The number of methoxy groups -OCH3 is 1. The van der Waals surface area contributed by atoms with Crippen molar-refractivity contribution in [3.05, 3.63) is 63.7 Å². The molecule has 2 aromatic rings. The van der Waals surface area contributed by atoms with Gasteiger partial charge in [-0.05, 0) is 36.1 Å². The molecule has 0 spiro atoms. The zero-order valence-corrected chi connectivity index (χ0v) is 16.1. The predicted molar refractivity (Wildman–Crippen MR) is 107 cm³/mol. The van der Waals surface area contributed by atoms with Crippen molar-refractivity contribution in [1.82, 2.24) is 0 Å². The first-order valence-corrected chi connectivity index (χ1v) is 9.53. The number of unbranched alkanes of at least 4 members (excludes halogenated alkanes) is 5. The van der Waals surface area contributed by atoms with E-state index in [2.05, 4.69) is 11.7 Å². The van der Waals surface area contributed by atoms with Crippen LogP contribution in [0.15, 0.2) is 42.5 Å². The predicted octanol–water partition coefficient (Wildman–Crippen LogP) is 5.95. The van der Waals surface area contributed by atoms with Crippen LogP contribution in [0.1, 0.15) is 61.4 Å². The van der Waals surface area contributed by atoms with Crippen molar-refractivity contribution in [3.8, 4) is 11.1 Å². The smallest absolute Gasteiger partial charge is 0.338 e. The Hall–Kier alpha value is -2.69. The number of hydrogen-bond acceptors (Lipinski definition) is 4. The lowest BCUT2D eigenvalue weighted by Crippen LogP contribution is -2.03. The molecule has 27 heavy (non-hydrogen) atoms. The highest BCUT2D eigenvalue weighted by Gasteiger charge is 2.19. The van der Waals surface area contributed by atoms with Gasteiger partial charge in [-0.15, -0.1) is 0 Å². The van der Waals surface area contributed by atoms with Crippen LogP contribution in [0.3, 0.4) is 0 Å². The van der Waals surface area contributed by atoms with Gasteiger partial charge in [0.15, 0.2) is 0 Å². The molecule has 0 N–H and O–H groups in total. The van der Waals surface area contributed by atoms with E-state index < -0.39 is 10.9 Å². The number of ether oxygens (including phenoxy) is 1. The molecular weight excluding hydrogens is 342 g/mol. The molecule has 0 amide bonds. The quantitative estimate of drug-likeness (QED) is 0.224. The number of rotatable bonds is 10. The van der Waals surface area contributed by atoms with Gasteiger partial charge < -0.3 is 4.74 Å². The van der Waals surface area contributed by atoms with Gasteiger partial charge in [-0.1, -0.05) is 63.3 Å². The van der Waals surface area contributed by atoms with Gasteiger partial charge in [0.05, 0.1) is 23.2 Å². The van der Waals surface area contributed by atoms with Gasteiger partial charge in [0.25, 0.3) is 5.69 Å². The molecule has 0 saturated carbocycles. The van der Waals surface area contributed by atoms with Crippen molar-refractivity contribution in [2.45, 2.75) is 51.9 Å². The fourth-order valence-electron chi connectivity index (χ4n) is 3.13. The normalized spacial score (nSPS) is 10.6. The molecule has 0 aliphatic heterocycles. The Labute approximate surface area is 160 Å². The maximum atomic E-state index is 11.6. The van der Waals surface area contributed by atoms with Crippen LogP contribution in [0.2, 0.25) is 0 Å². The highest BCUT2D eigenvalue weighted by Crippen LogP contribution is 2.31. The van der Waals surface area contributed by atoms with Gasteiger partial charge in [0, 0.05) is 6.07 Å². The molecule has 0 radical (unpaired) electrons. The lowest BCUT2D eigenvalue weighted by Gasteiger charge is -2.07. The van der Waals surface area contributed by atoms with E-state index in [4.69, 9.17) is 0 Å². The standard InChI is InChI=1S/C22H27NO4/c1-3-4-5-6-7-8-9-17-10-12-18(13-11-17)20-15-14-19(22(24)27-2)16-21(20)23(25)26/h10-16H,3-9H2,1-2H3. The molecule has 5 nitrogen and oxygen atoms in total. The molecule has 0 fully saturated rings. The summed E-state index contributed by atoms with van der Waals surface area (Å²) in [6.07, 6.45) is 8.58. The third kappa shape index (κ3) is 5.91. The van der Waals surface area contributed by atoms with Gasteiger partial charge in [0.2, 0.25) is 0 Å². The highest BCUT2D eigenvalue weighted by atomic mass is 16.6. The van der Waals surface area contributed by atoms with Crippen molar-refractivity contribution in [1.29, 1.82) is 0 Å². The Morgan fingerprint density at radius 1 is 1.00 bits per heavy atom. The summed E-state index contributed by atoms with van der Waals surface area (Å²) in [5, 5.41) is 11.4. The minimum atomic E-state index is -0.584. The first kappa shape index (κ1) is 20.6. The van der Waals surface area contributed by atoms with E-state index in [1.165, 1.54) is 50.8 Å². The van der Waals surface area contributed by atoms with Crippen molar-refractivity contribution >= 4 is 11.7 Å². The number of esters is 1. The van der Waals surface area contributed by atoms with E-state index in [1.54, 1.807) is 12.1 Å². The SMILES string of the molecule is CCCCCCCCc1ccc(-c2ccc(C(=O)OC)cc2[N+](=O)[O-])cc1. The molecule has 0 atom stereocenters. The zero-order valence-electron chi connectivity index (χ0n) is 16.1.